The highest BCUT2D eigenvalue weighted by Crippen LogP contribution is 2.37. The fraction of sp³-hybridized carbons (Fsp3) is 0.261. The van der Waals surface area contributed by atoms with Crippen molar-refractivity contribution in [3.63, 3.8) is 0 Å². The molecule has 5 rings (SSSR count). The molecule has 0 spiro atoms. The van der Waals surface area contributed by atoms with Gasteiger partial charge >= 0.3 is 0 Å². The van der Waals surface area contributed by atoms with Crippen molar-refractivity contribution < 1.29 is 13.9 Å². The van der Waals surface area contributed by atoms with E-state index in [0.717, 1.165) is 58.3 Å². The molecule has 2 N–H and O–H groups in total. The minimum absolute atomic E-state index is 0.0458. The molecule has 2 aromatic carbocycles. The Hall–Kier alpha value is -3.12. The number of nitrogens with one attached hydrogen (secondary N) is 2. The van der Waals surface area contributed by atoms with Gasteiger partial charge in [0.2, 0.25) is 0 Å². The highest BCUT2D eigenvalue weighted by atomic mass is 19.1. The number of ether oxygens (including phenoxy) is 2. The Kier molecular flexibility index (Phi) is 4.77. The predicted molar refractivity (Wildman–Crippen MR) is 111 cm³/mol. The summed E-state index contributed by atoms with van der Waals surface area (Å²) < 4.78 is 25.6. The van der Waals surface area contributed by atoms with E-state index in [1.54, 1.807) is 18.3 Å². The molecule has 0 amide bonds. The van der Waals surface area contributed by atoms with Crippen LogP contribution in [0.25, 0.3) is 21.8 Å². The van der Waals surface area contributed by atoms with Gasteiger partial charge in [-0.2, -0.15) is 0 Å². The first-order valence-corrected chi connectivity index (χ1v) is 9.91. The number of aromatic nitrogens is 2. The maximum absolute atomic E-state index is 13.5. The minimum atomic E-state index is -0.200. The molecular weight excluding hydrogens is 369 g/mol. The Morgan fingerprint density at radius 2 is 2.14 bits per heavy atom. The van der Waals surface area contributed by atoms with Gasteiger partial charge in [0.15, 0.2) is 11.5 Å². The van der Waals surface area contributed by atoms with Gasteiger partial charge in [0, 0.05) is 35.2 Å². The molecule has 0 saturated carbocycles. The molecule has 0 saturated heterocycles. The van der Waals surface area contributed by atoms with Crippen LogP contribution in [0, 0.1) is 5.82 Å². The van der Waals surface area contributed by atoms with Gasteiger partial charge in [-0.15, -0.1) is 0 Å². The highest BCUT2D eigenvalue weighted by Gasteiger charge is 2.22. The molecule has 0 unspecified atom stereocenters. The van der Waals surface area contributed by atoms with E-state index in [1.165, 1.54) is 6.07 Å². The van der Waals surface area contributed by atoms with Crippen molar-refractivity contribution in [1.82, 2.24) is 15.3 Å². The second-order valence-corrected chi connectivity index (χ2v) is 7.33. The molecular formula is C23H22FN3O2. The summed E-state index contributed by atoms with van der Waals surface area (Å²) in [7, 11) is 0. The molecule has 1 aliphatic heterocycles. The number of pyridine rings is 1. The van der Waals surface area contributed by atoms with Crippen molar-refractivity contribution >= 4 is 21.8 Å². The first kappa shape index (κ1) is 17.9. The van der Waals surface area contributed by atoms with Gasteiger partial charge in [-0.05, 0) is 67.4 Å². The van der Waals surface area contributed by atoms with Gasteiger partial charge in [-0.1, -0.05) is 0 Å². The molecule has 148 valence electrons. The van der Waals surface area contributed by atoms with Crippen molar-refractivity contribution in [3.05, 3.63) is 66.2 Å². The Morgan fingerprint density at radius 3 is 3.10 bits per heavy atom. The number of hydrogen-bond acceptors (Lipinski definition) is 4. The average Bonchev–Trinajstić information content (AvgIpc) is 3.15. The lowest BCUT2D eigenvalue weighted by Crippen LogP contribution is -2.38. The monoisotopic (exact) mass is 391 g/mol. The Labute approximate surface area is 167 Å². The van der Waals surface area contributed by atoms with Crippen LogP contribution in [0.5, 0.6) is 11.5 Å². The fourth-order valence-electron chi connectivity index (χ4n) is 3.85. The normalized spacial score (nSPS) is 15.8. The zero-order valence-electron chi connectivity index (χ0n) is 16.0. The lowest BCUT2D eigenvalue weighted by atomic mass is 10.1. The lowest BCUT2D eigenvalue weighted by Gasteiger charge is -2.27. The molecule has 6 heteroatoms. The van der Waals surface area contributed by atoms with Crippen LogP contribution < -0.4 is 14.8 Å². The van der Waals surface area contributed by atoms with Crippen LogP contribution in [0.1, 0.15) is 12.0 Å². The van der Waals surface area contributed by atoms with Crippen molar-refractivity contribution in [2.45, 2.75) is 18.9 Å². The number of hydrogen-bond donors (Lipinski definition) is 2. The van der Waals surface area contributed by atoms with Crippen LogP contribution in [0.2, 0.25) is 0 Å². The number of nitrogens with zero attached hydrogens (tertiary/aromatic N) is 1. The standard InChI is InChI=1S/C23H22FN3O2/c24-16-5-6-21-19(11-16)15(12-27-21)3-1-9-25-13-17-14-28-22-8-7-20-18(23(22)29-17)4-2-10-26-20/h2,4-8,10-12,17,25,27H,1,3,9,13-14H2/t17-/m0/s1. The maximum Gasteiger partial charge on any atom is 0.171 e. The van der Waals surface area contributed by atoms with Crippen LogP contribution in [-0.2, 0) is 6.42 Å². The molecule has 3 heterocycles. The first-order chi connectivity index (χ1) is 14.3. The fourth-order valence-corrected chi connectivity index (χ4v) is 3.85. The van der Waals surface area contributed by atoms with Crippen molar-refractivity contribution in [1.29, 1.82) is 0 Å². The van der Waals surface area contributed by atoms with Gasteiger partial charge in [-0.3, -0.25) is 4.98 Å². The second-order valence-electron chi connectivity index (χ2n) is 7.33. The zero-order chi connectivity index (χ0) is 19.6. The molecule has 0 radical (unpaired) electrons. The van der Waals surface area contributed by atoms with Crippen molar-refractivity contribution in [2.24, 2.45) is 0 Å². The van der Waals surface area contributed by atoms with Crippen LogP contribution in [0.4, 0.5) is 4.39 Å². The molecule has 5 nitrogen and oxygen atoms in total. The number of halogens is 1. The van der Waals surface area contributed by atoms with E-state index in [1.807, 2.05) is 30.5 Å². The van der Waals surface area contributed by atoms with Gasteiger partial charge in [0.05, 0.1) is 5.52 Å². The topological polar surface area (TPSA) is 59.2 Å². The van der Waals surface area contributed by atoms with E-state index in [2.05, 4.69) is 15.3 Å². The number of aromatic amines is 1. The largest absolute Gasteiger partial charge is 0.486 e. The Morgan fingerprint density at radius 1 is 1.17 bits per heavy atom. The third-order valence-electron chi connectivity index (χ3n) is 5.31. The van der Waals surface area contributed by atoms with E-state index in [-0.39, 0.29) is 11.9 Å². The first-order valence-electron chi connectivity index (χ1n) is 9.91. The maximum atomic E-state index is 13.5. The van der Waals surface area contributed by atoms with Crippen LogP contribution in [0.3, 0.4) is 0 Å². The van der Waals surface area contributed by atoms with Gasteiger partial charge in [-0.25, -0.2) is 4.39 Å². The average molecular weight is 391 g/mol. The van der Waals surface area contributed by atoms with E-state index < -0.39 is 0 Å². The van der Waals surface area contributed by atoms with Gasteiger partial charge in [0.1, 0.15) is 18.5 Å². The Balaban J connectivity index is 1.15. The van der Waals surface area contributed by atoms with Crippen molar-refractivity contribution in [3.8, 4) is 11.5 Å². The Bertz CT molecular complexity index is 1160. The van der Waals surface area contributed by atoms with Gasteiger partial charge in [0.25, 0.3) is 0 Å². The third kappa shape index (κ3) is 3.63. The summed E-state index contributed by atoms with van der Waals surface area (Å²) >= 11 is 0. The molecule has 1 atom stereocenters. The molecule has 0 fully saturated rings. The lowest BCUT2D eigenvalue weighted by molar-refractivity contribution is 0.0925. The minimum Gasteiger partial charge on any atom is -0.486 e. The SMILES string of the molecule is Fc1ccc2[nH]cc(CCCNC[C@H]3COc4ccc5ncccc5c4O3)c2c1. The quantitative estimate of drug-likeness (QED) is 0.483. The molecule has 1 aliphatic rings. The molecule has 0 aliphatic carbocycles. The summed E-state index contributed by atoms with van der Waals surface area (Å²) in [6, 6.07) is 12.6. The highest BCUT2D eigenvalue weighted by molar-refractivity contribution is 5.88. The molecule has 4 aromatic rings. The smallest absolute Gasteiger partial charge is 0.171 e. The molecule has 29 heavy (non-hydrogen) atoms. The third-order valence-corrected chi connectivity index (χ3v) is 5.31. The van der Waals surface area contributed by atoms with Crippen LogP contribution >= 0.6 is 0 Å². The predicted octanol–water partition coefficient (Wildman–Crippen LogP) is 4.22. The summed E-state index contributed by atoms with van der Waals surface area (Å²) in [6.07, 6.45) is 5.55. The zero-order valence-corrected chi connectivity index (χ0v) is 16.0. The van der Waals surface area contributed by atoms with Crippen LogP contribution in [-0.4, -0.2) is 35.8 Å². The number of benzene rings is 2. The summed E-state index contributed by atoms with van der Waals surface area (Å²) in [4.78, 5) is 7.58. The number of rotatable bonds is 6. The van der Waals surface area contributed by atoms with Gasteiger partial charge < -0.3 is 19.8 Å². The van der Waals surface area contributed by atoms with E-state index >= 15 is 0 Å². The molecule has 2 aromatic heterocycles. The molecule has 0 bridgehead atoms. The van der Waals surface area contributed by atoms with E-state index in [0.29, 0.717) is 13.2 Å². The number of H-pyrrole nitrogens is 1. The summed E-state index contributed by atoms with van der Waals surface area (Å²) in [5.74, 6) is 1.34. The number of aryl methyl sites for hydroxylation is 1. The number of fused-ring (bicyclic) bond motifs is 4. The summed E-state index contributed by atoms with van der Waals surface area (Å²) in [5.41, 5.74) is 3.02. The van der Waals surface area contributed by atoms with E-state index in [9.17, 15) is 4.39 Å². The van der Waals surface area contributed by atoms with E-state index in [4.69, 9.17) is 9.47 Å². The summed E-state index contributed by atoms with van der Waals surface area (Å²) in [6.45, 7) is 2.08. The summed E-state index contributed by atoms with van der Waals surface area (Å²) in [5, 5.41) is 5.39. The second kappa shape index (κ2) is 7.72. The van der Waals surface area contributed by atoms with Crippen molar-refractivity contribution in [2.75, 3.05) is 19.7 Å². The van der Waals surface area contributed by atoms with Crippen LogP contribution in [0.15, 0.2) is 54.9 Å².